The highest BCUT2D eigenvalue weighted by molar-refractivity contribution is 7.91. The Hall–Kier alpha value is -0.870. The van der Waals surface area contributed by atoms with Gasteiger partial charge in [-0.2, -0.15) is 0 Å². The lowest BCUT2D eigenvalue weighted by molar-refractivity contribution is 0.503. The molecule has 1 atom stereocenters. The van der Waals surface area contributed by atoms with Gasteiger partial charge in [0.15, 0.2) is 0 Å². The minimum atomic E-state index is -2.86. The number of nitrogens with one attached hydrogen (secondary N) is 1. The van der Waals surface area contributed by atoms with Gasteiger partial charge >= 0.3 is 0 Å². The third-order valence-electron chi connectivity index (χ3n) is 3.57. The van der Waals surface area contributed by atoms with Crippen LogP contribution in [0.1, 0.15) is 51.5 Å². The lowest BCUT2D eigenvalue weighted by Gasteiger charge is -2.20. The molecule has 0 heterocycles. The highest BCUT2D eigenvalue weighted by atomic mass is 32.2. The first kappa shape index (κ1) is 18.2. The van der Waals surface area contributed by atoms with Gasteiger partial charge < -0.3 is 5.32 Å². The van der Waals surface area contributed by atoms with E-state index in [4.69, 9.17) is 0 Å². The molecule has 0 aromatic heterocycles. The molecule has 0 saturated carbocycles. The molecule has 1 unspecified atom stereocenters. The zero-order valence-corrected chi connectivity index (χ0v) is 14.3. The summed E-state index contributed by atoms with van der Waals surface area (Å²) in [6.45, 7) is 7.08. The molecule has 21 heavy (non-hydrogen) atoms. The first-order valence-electron chi connectivity index (χ1n) is 7.93. The third kappa shape index (κ3) is 7.63. The van der Waals surface area contributed by atoms with Crippen LogP contribution in [-0.2, 0) is 9.84 Å². The predicted molar refractivity (Wildman–Crippen MR) is 90.5 cm³/mol. The summed E-state index contributed by atoms with van der Waals surface area (Å²) in [4.78, 5) is 0. The van der Waals surface area contributed by atoms with Crippen LogP contribution in [-0.4, -0.2) is 32.5 Å². The van der Waals surface area contributed by atoms with Gasteiger partial charge in [-0.3, -0.25) is 0 Å². The molecule has 0 aliphatic rings. The van der Waals surface area contributed by atoms with Crippen molar-refractivity contribution in [2.75, 3.05) is 18.1 Å². The van der Waals surface area contributed by atoms with Crippen molar-refractivity contribution >= 4 is 9.84 Å². The van der Waals surface area contributed by atoms with E-state index in [0.717, 1.165) is 19.4 Å². The Labute approximate surface area is 130 Å². The van der Waals surface area contributed by atoms with Gasteiger partial charge in [0.2, 0.25) is 0 Å². The van der Waals surface area contributed by atoms with E-state index in [9.17, 15) is 8.42 Å². The Balaban J connectivity index is 2.58. The number of hydrogen-bond donors (Lipinski definition) is 1. The summed E-state index contributed by atoms with van der Waals surface area (Å²) in [5.41, 5.74) is 1.29. The summed E-state index contributed by atoms with van der Waals surface area (Å²) in [7, 11) is -2.86. The molecule has 0 amide bonds. The minimum Gasteiger partial charge on any atom is -0.314 e. The average Bonchev–Trinajstić information content (AvgIpc) is 2.43. The van der Waals surface area contributed by atoms with Gasteiger partial charge in [0.1, 0.15) is 9.84 Å². The lowest BCUT2D eigenvalue weighted by Crippen LogP contribution is -2.28. The Morgan fingerprint density at radius 2 is 1.76 bits per heavy atom. The van der Waals surface area contributed by atoms with Crippen molar-refractivity contribution in [3.8, 4) is 0 Å². The van der Waals surface area contributed by atoms with Crippen molar-refractivity contribution in [2.45, 2.75) is 52.0 Å². The molecule has 0 radical (unpaired) electrons. The Kier molecular flexibility index (Phi) is 7.97. The van der Waals surface area contributed by atoms with Crippen molar-refractivity contribution in [3.05, 3.63) is 35.9 Å². The fraction of sp³-hybridized carbons (Fsp3) is 0.647. The van der Waals surface area contributed by atoms with E-state index in [-0.39, 0.29) is 0 Å². The molecule has 0 bridgehead atoms. The lowest BCUT2D eigenvalue weighted by atomic mass is 9.94. The maximum atomic E-state index is 11.8. The molecule has 0 fully saturated rings. The van der Waals surface area contributed by atoms with Crippen LogP contribution < -0.4 is 5.32 Å². The SMILES string of the molecule is CCCS(=O)(=O)CCCC(CNC(C)C)c1ccccc1. The van der Waals surface area contributed by atoms with Crippen LogP contribution in [0, 0.1) is 0 Å². The first-order valence-corrected chi connectivity index (χ1v) is 9.75. The van der Waals surface area contributed by atoms with Crippen LogP contribution in [0.2, 0.25) is 0 Å². The number of sulfone groups is 1. The van der Waals surface area contributed by atoms with Crippen molar-refractivity contribution in [1.82, 2.24) is 5.32 Å². The van der Waals surface area contributed by atoms with E-state index in [1.165, 1.54) is 5.56 Å². The molecule has 3 nitrogen and oxygen atoms in total. The van der Waals surface area contributed by atoms with Crippen molar-refractivity contribution in [3.63, 3.8) is 0 Å². The summed E-state index contributed by atoms with van der Waals surface area (Å²) in [5, 5.41) is 3.47. The van der Waals surface area contributed by atoms with Crippen LogP contribution in [0.5, 0.6) is 0 Å². The fourth-order valence-electron chi connectivity index (χ4n) is 2.45. The normalized spacial score (nSPS) is 13.5. The summed E-state index contributed by atoms with van der Waals surface area (Å²) in [5.74, 6) is 1.00. The van der Waals surface area contributed by atoms with Crippen LogP contribution in [0.15, 0.2) is 30.3 Å². The van der Waals surface area contributed by atoms with E-state index in [1.54, 1.807) is 0 Å². The van der Waals surface area contributed by atoms with Crippen LogP contribution in [0.4, 0.5) is 0 Å². The number of hydrogen-bond acceptors (Lipinski definition) is 3. The highest BCUT2D eigenvalue weighted by Gasteiger charge is 2.14. The molecule has 1 aromatic carbocycles. The second-order valence-corrected chi connectivity index (χ2v) is 8.27. The zero-order chi connectivity index (χ0) is 15.7. The van der Waals surface area contributed by atoms with Crippen molar-refractivity contribution in [1.29, 1.82) is 0 Å². The summed E-state index contributed by atoms with van der Waals surface area (Å²) in [6, 6.07) is 10.8. The van der Waals surface area contributed by atoms with E-state index in [0.29, 0.717) is 29.9 Å². The largest absolute Gasteiger partial charge is 0.314 e. The quantitative estimate of drug-likeness (QED) is 0.720. The molecule has 1 rings (SSSR count). The smallest absolute Gasteiger partial charge is 0.150 e. The maximum Gasteiger partial charge on any atom is 0.150 e. The zero-order valence-electron chi connectivity index (χ0n) is 13.5. The molecular weight excluding hydrogens is 282 g/mol. The minimum absolute atomic E-state index is 0.311. The molecule has 1 aromatic rings. The van der Waals surface area contributed by atoms with Gasteiger partial charge in [-0.05, 0) is 30.7 Å². The second kappa shape index (κ2) is 9.21. The number of rotatable bonds is 10. The van der Waals surface area contributed by atoms with Crippen LogP contribution in [0.3, 0.4) is 0 Å². The highest BCUT2D eigenvalue weighted by Crippen LogP contribution is 2.21. The summed E-state index contributed by atoms with van der Waals surface area (Å²) >= 11 is 0. The average molecular weight is 311 g/mol. The second-order valence-electron chi connectivity index (χ2n) is 5.96. The standard InChI is InChI=1S/C17H29NO2S/c1-4-12-21(19,20)13-8-11-17(14-18-15(2)3)16-9-6-5-7-10-16/h5-7,9-10,15,17-18H,4,8,11-14H2,1-3H3. The van der Waals surface area contributed by atoms with Crippen LogP contribution >= 0.6 is 0 Å². The van der Waals surface area contributed by atoms with E-state index < -0.39 is 9.84 Å². The van der Waals surface area contributed by atoms with Gasteiger partial charge in [0, 0.05) is 18.3 Å². The van der Waals surface area contributed by atoms with Gasteiger partial charge in [-0.15, -0.1) is 0 Å². The fourth-order valence-corrected chi connectivity index (χ4v) is 3.89. The summed E-state index contributed by atoms with van der Waals surface area (Å²) < 4.78 is 23.6. The van der Waals surface area contributed by atoms with Crippen molar-refractivity contribution < 1.29 is 8.42 Å². The van der Waals surface area contributed by atoms with Gasteiger partial charge in [0.25, 0.3) is 0 Å². The van der Waals surface area contributed by atoms with Gasteiger partial charge in [-0.1, -0.05) is 51.1 Å². The van der Waals surface area contributed by atoms with Gasteiger partial charge in [0.05, 0.1) is 5.75 Å². The Morgan fingerprint density at radius 3 is 2.33 bits per heavy atom. The molecule has 0 aliphatic heterocycles. The summed E-state index contributed by atoms with van der Waals surface area (Å²) in [6.07, 6.45) is 2.35. The molecule has 0 saturated heterocycles. The van der Waals surface area contributed by atoms with E-state index >= 15 is 0 Å². The van der Waals surface area contributed by atoms with Crippen molar-refractivity contribution in [2.24, 2.45) is 0 Å². The monoisotopic (exact) mass is 311 g/mol. The Morgan fingerprint density at radius 1 is 1.10 bits per heavy atom. The molecular formula is C17H29NO2S. The predicted octanol–water partition coefficient (Wildman–Crippen LogP) is 3.37. The molecule has 4 heteroatoms. The topological polar surface area (TPSA) is 46.2 Å². The first-order chi connectivity index (χ1) is 9.94. The number of benzene rings is 1. The third-order valence-corrected chi connectivity index (χ3v) is 5.51. The molecule has 1 N–H and O–H groups in total. The van der Waals surface area contributed by atoms with E-state index in [2.05, 4.69) is 31.3 Å². The van der Waals surface area contributed by atoms with Crippen LogP contribution in [0.25, 0.3) is 0 Å². The molecule has 120 valence electrons. The molecule has 0 spiro atoms. The maximum absolute atomic E-state index is 11.8. The van der Waals surface area contributed by atoms with E-state index in [1.807, 2.05) is 25.1 Å². The molecule has 0 aliphatic carbocycles. The Bertz CT molecular complexity index is 483. The van der Waals surface area contributed by atoms with Gasteiger partial charge in [-0.25, -0.2) is 8.42 Å².